The van der Waals surface area contributed by atoms with E-state index >= 15 is 0 Å². The van der Waals surface area contributed by atoms with Crippen molar-refractivity contribution in [2.45, 2.75) is 37.6 Å². The van der Waals surface area contributed by atoms with Crippen LogP contribution in [0.3, 0.4) is 0 Å². The highest BCUT2D eigenvalue weighted by atomic mass is 32.2. The lowest BCUT2D eigenvalue weighted by Crippen LogP contribution is -2.37. The Bertz CT molecular complexity index is 460. The van der Waals surface area contributed by atoms with Crippen LogP contribution < -0.4 is 0 Å². The number of carbonyl (C=O) groups is 1. The number of thioether (sulfide) groups is 1. The molecule has 0 bridgehead atoms. The third-order valence-electron chi connectivity index (χ3n) is 4.41. The summed E-state index contributed by atoms with van der Waals surface area (Å²) in [6.45, 7) is 5.21. The predicted molar refractivity (Wildman–Crippen MR) is 87.6 cm³/mol. The van der Waals surface area contributed by atoms with Crippen molar-refractivity contribution in [3.8, 4) is 0 Å². The third kappa shape index (κ3) is 5.04. The van der Waals surface area contributed by atoms with Gasteiger partial charge in [-0.3, -0.25) is 9.69 Å². The van der Waals surface area contributed by atoms with Crippen LogP contribution >= 0.6 is 11.8 Å². The number of likely N-dealkylation sites (tertiary alicyclic amines) is 1. The van der Waals surface area contributed by atoms with Gasteiger partial charge in [-0.15, -0.1) is 11.8 Å². The van der Waals surface area contributed by atoms with Crippen LogP contribution in [0.25, 0.3) is 0 Å². The van der Waals surface area contributed by atoms with Crippen molar-refractivity contribution in [2.75, 3.05) is 19.3 Å². The Hall–Kier alpha value is -1.00. The number of carboxylic acids is 1. The van der Waals surface area contributed by atoms with Crippen LogP contribution in [0.5, 0.6) is 0 Å². The Kier molecular flexibility index (Phi) is 6.12. The molecule has 2 atom stereocenters. The molecule has 4 heteroatoms. The first-order valence-electron chi connectivity index (χ1n) is 7.65. The molecule has 0 spiro atoms. The van der Waals surface area contributed by atoms with Gasteiger partial charge in [-0.2, -0.15) is 0 Å². The van der Waals surface area contributed by atoms with Gasteiger partial charge in [0.15, 0.2) is 0 Å². The van der Waals surface area contributed by atoms with E-state index in [-0.39, 0.29) is 5.92 Å². The van der Waals surface area contributed by atoms with Crippen LogP contribution in [0.1, 0.15) is 31.7 Å². The maximum Gasteiger partial charge on any atom is 0.303 e. The summed E-state index contributed by atoms with van der Waals surface area (Å²) in [4.78, 5) is 14.6. The second kappa shape index (κ2) is 7.85. The van der Waals surface area contributed by atoms with E-state index in [4.69, 9.17) is 5.11 Å². The normalized spacial score (nSPS) is 21.1. The average molecular weight is 307 g/mol. The fourth-order valence-electron chi connectivity index (χ4n) is 3.13. The van der Waals surface area contributed by atoms with Gasteiger partial charge in [0.2, 0.25) is 0 Å². The number of rotatable bonds is 6. The summed E-state index contributed by atoms with van der Waals surface area (Å²) in [5.41, 5.74) is 1.35. The molecule has 0 radical (unpaired) electrons. The topological polar surface area (TPSA) is 40.5 Å². The quantitative estimate of drug-likeness (QED) is 0.813. The lowest BCUT2D eigenvalue weighted by atomic mass is 9.84. The van der Waals surface area contributed by atoms with E-state index < -0.39 is 5.97 Å². The number of benzene rings is 1. The van der Waals surface area contributed by atoms with Gasteiger partial charge in [0, 0.05) is 24.4 Å². The molecule has 1 saturated heterocycles. The summed E-state index contributed by atoms with van der Waals surface area (Å²) in [6, 6.07) is 8.76. The predicted octanol–water partition coefficient (Wildman–Crippen LogP) is 3.73. The molecule has 1 aromatic carbocycles. The molecule has 116 valence electrons. The standard InChI is InChI=1S/C17H25NO2S/c1-13(10-17(19)20)15-4-3-9-18(12-15)11-14-5-7-16(21-2)8-6-14/h5-8,13,15H,3-4,9-12H2,1-2H3,(H,19,20). The molecule has 2 rings (SSSR count). The largest absolute Gasteiger partial charge is 0.481 e. The molecule has 0 aliphatic carbocycles. The van der Waals surface area contributed by atoms with Crippen molar-refractivity contribution in [3.63, 3.8) is 0 Å². The van der Waals surface area contributed by atoms with Crippen molar-refractivity contribution in [1.82, 2.24) is 4.90 Å². The van der Waals surface area contributed by atoms with E-state index in [2.05, 4.69) is 42.3 Å². The van der Waals surface area contributed by atoms with Gasteiger partial charge in [-0.25, -0.2) is 0 Å². The van der Waals surface area contributed by atoms with E-state index in [1.807, 2.05) is 0 Å². The zero-order valence-electron chi connectivity index (χ0n) is 12.9. The van der Waals surface area contributed by atoms with Crippen LogP contribution in [0.2, 0.25) is 0 Å². The first-order chi connectivity index (χ1) is 10.1. The number of hydrogen-bond acceptors (Lipinski definition) is 3. The molecule has 3 nitrogen and oxygen atoms in total. The third-order valence-corrected chi connectivity index (χ3v) is 5.15. The molecule has 1 heterocycles. The Morgan fingerprint density at radius 2 is 2.14 bits per heavy atom. The van der Waals surface area contributed by atoms with Crippen LogP contribution in [-0.4, -0.2) is 35.3 Å². The molecule has 1 fully saturated rings. The summed E-state index contributed by atoms with van der Waals surface area (Å²) in [5.74, 6) is 0.108. The van der Waals surface area contributed by atoms with Crippen LogP contribution in [0.4, 0.5) is 0 Å². The Labute approximate surface area is 131 Å². The summed E-state index contributed by atoms with van der Waals surface area (Å²) in [7, 11) is 0. The van der Waals surface area contributed by atoms with Crippen molar-refractivity contribution >= 4 is 17.7 Å². The van der Waals surface area contributed by atoms with Gasteiger partial charge in [0.25, 0.3) is 0 Å². The monoisotopic (exact) mass is 307 g/mol. The van der Waals surface area contributed by atoms with E-state index in [0.29, 0.717) is 12.3 Å². The highest BCUT2D eigenvalue weighted by Crippen LogP contribution is 2.27. The maximum atomic E-state index is 10.9. The number of hydrogen-bond donors (Lipinski definition) is 1. The van der Waals surface area contributed by atoms with Crippen LogP contribution in [-0.2, 0) is 11.3 Å². The number of nitrogens with zero attached hydrogens (tertiary/aromatic N) is 1. The van der Waals surface area contributed by atoms with Gasteiger partial charge < -0.3 is 5.11 Å². The summed E-state index contributed by atoms with van der Waals surface area (Å²) in [5, 5.41) is 8.95. The number of carboxylic acid groups (broad SMARTS) is 1. The second-order valence-corrected chi connectivity index (χ2v) is 6.94. The SMILES string of the molecule is CSc1ccc(CN2CCCC(C(C)CC(=O)O)C2)cc1. The van der Waals surface area contributed by atoms with Crippen molar-refractivity contribution in [1.29, 1.82) is 0 Å². The van der Waals surface area contributed by atoms with Gasteiger partial charge in [0.05, 0.1) is 0 Å². The zero-order valence-corrected chi connectivity index (χ0v) is 13.7. The van der Waals surface area contributed by atoms with Gasteiger partial charge in [-0.1, -0.05) is 19.1 Å². The first kappa shape index (κ1) is 16.4. The Morgan fingerprint density at radius 1 is 1.43 bits per heavy atom. The number of piperidine rings is 1. The van der Waals surface area contributed by atoms with E-state index in [9.17, 15) is 4.79 Å². The molecular formula is C17H25NO2S. The lowest BCUT2D eigenvalue weighted by molar-refractivity contribution is -0.138. The van der Waals surface area contributed by atoms with Crippen molar-refractivity contribution in [2.24, 2.45) is 11.8 Å². The minimum Gasteiger partial charge on any atom is -0.481 e. The fraction of sp³-hybridized carbons (Fsp3) is 0.588. The van der Waals surface area contributed by atoms with Crippen molar-refractivity contribution in [3.05, 3.63) is 29.8 Å². The van der Waals surface area contributed by atoms with E-state index in [0.717, 1.165) is 26.1 Å². The summed E-state index contributed by atoms with van der Waals surface area (Å²) < 4.78 is 0. The number of aliphatic carboxylic acids is 1. The van der Waals surface area contributed by atoms with E-state index in [1.54, 1.807) is 11.8 Å². The lowest BCUT2D eigenvalue weighted by Gasteiger charge is -2.35. The van der Waals surface area contributed by atoms with Gasteiger partial charge >= 0.3 is 5.97 Å². The van der Waals surface area contributed by atoms with Gasteiger partial charge in [0.1, 0.15) is 0 Å². The van der Waals surface area contributed by atoms with Crippen molar-refractivity contribution < 1.29 is 9.90 Å². The molecule has 0 aromatic heterocycles. The molecule has 1 aliphatic rings. The summed E-state index contributed by atoms with van der Waals surface area (Å²) in [6.07, 6.45) is 4.73. The molecule has 2 unspecified atom stereocenters. The van der Waals surface area contributed by atoms with Crippen LogP contribution in [0, 0.1) is 11.8 Å². The first-order valence-corrected chi connectivity index (χ1v) is 8.88. The smallest absolute Gasteiger partial charge is 0.303 e. The highest BCUT2D eigenvalue weighted by Gasteiger charge is 2.25. The van der Waals surface area contributed by atoms with E-state index in [1.165, 1.54) is 16.9 Å². The fourth-order valence-corrected chi connectivity index (χ4v) is 3.54. The maximum absolute atomic E-state index is 10.9. The molecule has 1 aliphatic heterocycles. The minimum atomic E-state index is -0.674. The molecule has 21 heavy (non-hydrogen) atoms. The average Bonchev–Trinajstić information content (AvgIpc) is 2.47. The Morgan fingerprint density at radius 3 is 2.76 bits per heavy atom. The highest BCUT2D eigenvalue weighted by molar-refractivity contribution is 7.98. The summed E-state index contributed by atoms with van der Waals surface area (Å²) >= 11 is 1.76. The minimum absolute atomic E-state index is 0.268. The molecule has 1 aromatic rings. The molecule has 0 amide bonds. The molecular weight excluding hydrogens is 282 g/mol. The molecule has 0 saturated carbocycles. The second-order valence-electron chi connectivity index (χ2n) is 6.06. The zero-order chi connectivity index (χ0) is 15.2. The Balaban J connectivity index is 1.89. The van der Waals surface area contributed by atoms with Crippen LogP contribution in [0.15, 0.2) is 29.2 Å². The molecule has 1 N–H and O–H groups in total. The van der Waals surface area contributed by atoms with Gasteiger partial charge in [-0.05, 0) is 55.2 Å².